The molecule has 0 aromatic carbocycles. The van der Waals surface area contributed by atoms with Crippen LogP contribution < -0.4 is 5.73 Å². The third-order valence-corrected chi connectivity index (χ3v) is 4.60. The van der Waals surface area contributed by atoms with Crippen molar-refractivity contribution in [2.75, 3.05) is 0 Å². The van der Waals surface area contributed by atoms with Gasteiger partial charge in [-0.05, 0) is 19.3 Å². The van der Waals surface area contributed by atoms with Crippen LogP contribution in [0.15, 0.2) is 0 Å². The molecule has 1 unspecified atom stereocenters. The average Bonchev–Trinajstić information content (AvgIpc) is 2.51. The number of hydrogen-bond donors (Lipinski definition) is 2. The summed E-state index contributed by atoms with van der Waals surface area (Å²) in [7, 11) is 0. The van der Waals surface area contributed by atoms with Crippen LogP contribution in [0.2, 0.25) is 0 Å². The van der Waals surface area contributed by atoms with Crippen molar-refractivity contribution in [3.05, 3.63) is 0 Å². The van der Waals surface area contributed by atoms with Crippen molar-refractivity contribution >= 4 is 5.91 Å². The number of carbonyl (C=O) groups is 1. The molecule has 3 nitrogen and oxygen atoms in total. The van der Waals surface area contributed by atoms with Crippen LogP contribution in [0.4, 0.5) is 0 Å². The molecule has 0 rings (SSSR count). The lowest BCUT2D eigenvalue weighted by atomic mass is 10.0. The van der Waals surface area contributed by atoms with E-state index in [-0.39, 0.29) is 12.0 Å². The number of rotatable bonds is 18. The molecule has 0 aromatic rings. The van der Waals surface area contributed by atoms with Crippen LogP contribution in [0, 0.1) is 0 Å². The van der Waals surface area contributed by atoms with Gasteiger partial charge in [-0.1, -0.05) is 90.4 Å². The second kappa shape index (κ2) is 17.8. The normalized spacial score (nSPS) is 12.4. The number of carbonyl (C=O) groups excluding carboxylic acids is 1. The van der Waals surface area contributed by atoms with E-state index in [0.717, 1.165) is 19.3 Å². The van der Waals surface area contributed by atoms with Gasteiger partial charge in [0, 0.05) is 6.42 Å². The van der Waals surface area contributed by atoms with Crippen molar-refractivity contribution in [3.63, 3.8) is 0 Å². The van der Waals surface area contributed by atoms with Gasteiger partial charge in [-0.2, -0.15) is 0 Å². The number of nitrogens with two attached hydrogens (primary N) is 1. The summed E-state index contributed by atoms with van der Waals surface area (Å²) < 4.78 is 0. The van der Waals surface area contributed by atoms with E-state index < -0.39 is 0 Å². The lowest BCUT2D eigenvalue weighted by Crippen LogP contribution is -2.12. The van der Waals surface area contributed by atoms with Gasteiger partial charge in [0.05, 0.1) is 6.10 Å². The predicted molar refractivity (Wildman–Crippen MR) is 99.4 cm³/mol. The van der Waals surface area contributed by atoms with Gasteiger partial charge in [0.25, 0.3) is 0 Å². The van der Waals surface area contributed by atoms with Crippen molar-refractivity contribution in [2.24, 2.45) is 5.73 Å². The Kier molecular flexibility index (Phi) is 17.3. The quantitative estimate of drug-likeness (QED) is 0.327. The molecule has 0 aromatic heterocycles. The minimum Gasteiger partial charge on any atom is -0.393 e. The summed E-state index contributed by atoms with van der Waals surface area (Å²) >= 11 is 0. The van der Waals surface area contributed by atoms with Gasteiger partial charge in [-0.15, -0.1) is 0 Å². The smallest absolute Gasteiger partial charge is 0.217 e. The molecule has 0 aliphatic rings. The molecule has 0 aliphatic carbocycles. The summed E-state index contributed by atoms with van der Waals surface area (Å²) in [5, 5.41) is 9.79. The number of aliphatic hydroxyl groups is 1. The number of aliphatic hydroxyl groups excluding tert-OH is 1. The van der Waals surface area contributed by atoms with Crippen LogP contribution in [-0.2, 0) is 4.79 Å². The lowest BCUT2D eigenvalue weighted by Gasteiger charge is -2.09. The Hall–Kier alpha value is -0.570. The Morgan fingerprint density at radius 1 is 0.739 bits per heavy atom. The predicted octanol–water partition coefficient (Wildman–Crippen LogP) is 5.48. The molecule has 0 heterocycles. The lowest BCUT2D eigenvalue weighted by molar-refractivity contribution is -0.118. The van der Waals surface area contributed by atoms with E-state index in [2.05, 4.69) is 6.92 Å². The van der Waals surface area contributed by atoms with Crippen molar-refractivity contribution in [3.8, 4) is 0 Å². The van der Waals surface area contributed by atoms with Crippen molar-refractivity contribution in [1.29, 1.82) is 0 Å². The maximum absolute atomic E-state index is 10.6. The summed E-state index contributed by atoms with van der Waals surface area (Å²) in [5.41, 5.74) is 5.08. The highest BCUT2D eigenvalue weighted by Crippen LogP contribution is 2.14. The third kappa shape index (κ3) is 19.4. The van der Waals surface area contributed by atoms with E-state index in [1.54, 1.807) is 0 Å². The minimum absolute atomic E-state index is 0.248. The Morgan fingerprint density at radius 3 is 1.57 bits per heavy atom. The Labute approximate surface area is 144 Å². The monoisotopic (exact) mass is 327 g/mol. The van der Waals surface area contributed by atoms with Crippen LogP contribution in [0.3, 0.4) is 0 Å². The third-order valence-electron chi connectivity index (χ3n) is 4.60. The van der Waals surface area contributed by atoms with E-state index >= 15 is 0 Å². The molecule has 23 heavy (non-hydrogen) atoms. The van der Waals surface area contributed by atoms with Crippen LogP contribution in [0.1, 0.15) is 116 Å². The largest absolute Gasteiger partial charge is 0.393 e. The summed E-state index contributed by atoms with van der Waals surface area (Å²) in [6, 6.07) is 0. The molecular weight excluding hydrogens is 286 g/mol. The summed E-state index contributed by atoms with van der Waals surface area (Å²) in [5.74, 6) is -0.266. The van der Waals surface area contributed by atoms with Crippen molar-refractivity contribution in [2.45, 2.75) is 122 Å². The highest BCUT2D eigenvalue weighted by molar-refractivity contribution is 5.73. The van der Waals surface area contributed by atoms with E-state index in [1.165, 1.54) is 77.0 Å². The maximum Gasteiger partial charge on any atom is 0.217 e. The number of hydrogen-bond acceptors (Lipinski definition) is 2. The van der Waals surface area contributed by atoms with Gasteiger partial charge >= 0.3 is 0 Å². The first-order valence-electron chi connectivity index (χ1n) is 10.1. The van der Waals surface area contributed by atoms with Gasteiger partial charge in [-0.3, -0.25) is 4.79 Å². The fraction of sp³-hybridized carbons (Fsp3) is 0.950. The van der Waals surface area contributed by atoms with Crippen LogP contribution in [0.5, 0.6) is 0 Å². The highest BCUT2D eigenvalue weighted by Gasteiger charge is 2.04. The maximum atomic E-state index is 10.6. The molecule has 3 heteroatoms. The van der Waals surface area contributed by atoms with Gasteiger partial charge in [0.15, 0.2) is 0 Å². The first kappa shape index (κ1) is 22.4. The molecule has 1 atom stereocenters. The van der Waals surface area contributed by atoms with Crippen molar-refractivity contribution < 1.29 is 9.90 Å². The number of unbranched alkanes of at least 4 members (excludes halogenated alkanes) is 12. The zero-order valence-electron chi connectivity index (χ0n) is 15.5. The molecule has 138 valence electrons. The zero-order chi connectivity index (χ0) is 17.2. The van der Waals surface area contributed by atoms with Crippen LogP contribution in [0.25, 0.3) is 0 Å². The highest BCUT2D eigenvalue weighted by atomic mass is 16.3. The van der Waals surface area contributed by atoms with Crippen LogP contribution in [-0.4, -0.2) is 17.1 Å². The standard InChI is InChI=1S/C20H41NO2/c1-2-3-4-5-6-7-8-9-10-11-12-13-14-16-19(22)17-15-18-20(21)23/h19,22H,2-18H2,1H3,(H2,21,23). The van der Waals surface area contributed by atoms with Gasteiger partial charge < -0.3 is 10.8 Å². The van der Waals surface area contributed by atoms with Crippen molar-refractivity contribution in [1.82, 2.24) is 0 Å². The molecular formula is C20H41NO2. The fourth-order valence-corrected chi connectivity index (χ4v) is 3.05. The molecule has 0 spiro atoms. The van der Waals surface area contributed by atoms with E-state index in [9.17, 15) is 9.90 Å². The fourth-order valence-electron chi connectivity index (χ4n) is 3.05. The molecule has 1 amide bonds. The summed E-state index contributed by atoms with van der Waals surface area (Å²) in [6.07, 6.45) is 20.0. The first-order valence-corrected chi connectivity index (χ1v) is 10.1. The summed E-state index contributed by atoms with van der Waals surface area (Å²) in [4.78, 5) is 10.6. The first-order chi connectivity index (χ1) is 11.2. The number of primary amides is 1. The molecule has 0 saturated carbocycles. The topological polar surface area (TPSA) is 63.3 Å². The zero-order valence-corrected chi connectivity index (χ0v) is 15.5. The minimum atomic E-state index is -0.266. The van der Waals surface area contributed by atoms with Crippen LogP contribution >= 0.6 is 0 Å². The Bertz CT molecular complexity index is 256. The second-order valence-corrected chi connectivity index (χ2v) is 7.04. The average molecular weight is 328 g/mol. The molecule has 3 N–H and O–H groups in total. The molecule has 0 bridgehead atoms. The van der Waals surface area contributed by atoms with Gasteiger partial charge in [-0.25, -0.2) is 0 Å². The SMILES string of the molecule is CCCCCCCCCCCCCCCC(O)CCCC(N)=O. The van der Waals surface area contributed by atoms with Gasteiger partial charge in [0.2, 0.25) is 5.91 Å². The Balaban J connectivity index is 3.11. The van der Waals surface area contributed by atoms with Gasteiger partial charge in [0.1, 0.15) is 0 Å². The molecule has 0 radical (unpaired) electrons. The second-order valence-electron chi connectivity index (χ2n) is 7.04. The molecule has 0 aliphatic heterocycles. The number of amides is 1. The van der Waals surface area contributed by atoms with E-state index in [0.29, 0.717) is 12.8 Å². The molecule has 0 fully saturated rings. The molecule has 0 saturated heterocycles. The van der Waals surface area contributed by atoms with E-state index in [1.807, 2.05) is 0 Å². The Morgan fingerprint density at radius 2 is 1.13 bits per heavy atom. The van der Waals surface area contributed by atoms with E-state index in [4.69, 9.17) is 5.73 Å². The summed E-state index contributed by atoms with van der Waals surface area (Å²) in [6.45, 7) is 2.27.